The number of hydrogen-bond donors (Lipinski definition) is 2. The van der Waals surface area contributed by atoms with Gasteiger partial charge in [-0.05, 0) is 11.6 Å². The molecule has 2 N–H and O–H groups in total. The molecule has 0 atom stereocenters. The molecule has 2 rings (SSSR count). The first-order valence-corrected chi connectivity index (χ1v) is 7.15. The molecule has 0 aliphatic carbocycles. The Kier molecular flexibility index (Phi) is 6.12. The Labute approximate surface area is 133 Å². The highest BCUT2D eigenvalue weighted by Gasteiger charge is 2.08. The molecule has 0 unspecified atom stereocenters. The second-order valence-electron chi connectivity index (χ2n) is 4.49. The number of nitrogens with zero attached hydrogens (tertiary/aromatic N) is 2. The van der Waals surface area contributed by atoms with E-state index >= 15 is 0 Å². The summed E-state index contributed by atoms with van der Waals surface area (Å²) in [6.07, 6.45) is 2.95. The average molecular weight is 321 g/mol. The molecule has 2 aromatic rings. The van der Waals surface area contributed by atoms with Crippen molar-refractivity contribution in [2.24, 2.45) is 0 Å². The summed E-state index contributed by atoms with van der Waals surface area (Å²) in [6, 6.07) is 7.36. The van der Waals surface area contributed by atoms with E-state index < -0.39 is 0 Å². The number of ether oxygens (including phenoxy) is 1. The molecule has 22 heavy (non-hydrogen) atoms. The first-order chi connectivity index (χ1) is 10.7. The van der Waals surface area contributed by atoms with E-state index in [4.69, 9.17) is 16.3 Å². The molecule has 0 aliphatic heterocycles. The number of hydrogen-bond acceptors (Lipinski definition) is 5. The third-order valence-corrected chi connectivity index (χ3v) is 3.27. The van der Waals surface area contributed by atoms with E-state index in [2.05, 4.69) is 20.6 Å². The smallest absolute Gasteiger partial charge is 0.254 e. The zero-order valence-electron chi connectivity index (χ0n) is 12.2. The summed E-state index contributed by atoms with van der Waals surface area (Å²) in [4.78, 5) is 20.2. The van der Waals surface area contributed by atoms with Gasteiger partial charge in [0.25, 0.3) is 5.91 Å². The molecule has 7 heteroatoms. The molecule has 0 bridgehead atoms. The Hall–Kier alpha value is -2.18. The molecule has 0 saturated heterocycles. The lowest BCUT2D eigenvalue weighted by molar-refractivity contribution is 0.0950. The molecular weight excluding hydrogens is 304 g/mol. The Morgan fingerprint density at radius 2 is 2.00 bits per heavy atom. The second kappa shape index (κ2) is 8.31. The molecule has 1 aromatic carbocycles. The van der Waals surface area contributed by atoms with Gasteiger partial charge in [-0.1, -0.05) is 29.8 Å². The van der Waals surface area contributed by atoms with Crippen LogP contribution in [0.1, 0.15) is 15.9 Å². The first kappa shape index (κ1) is 16.2. The Bertz CT molecular complexity index is 619. The maximum absolute atomic E-state index is 12.0. The van der Waals surface area contributed by atoms with Crippen LogP contribution >= 0.6 is 11.6 Å². The van der Waals surface area contributed by atoms with Crippen molar-refractivity contribution in [3.05, 3.63) is 52.8 Å². The number of anilines is 1. The molecule has 6 nitrogen and oxygen atoms in total. The third kappa shape index (κ3) is 4.68. The fourth-order valence-electron chi connectivity index (χ4n) is 1.72. The van der Waals surface area contributed by atoms with Crippen molar-refractivity contribution in [3.8, 4) is 0 Å². The number of aromatic nitrogens is 2. The number of rotatable bonds is 7. The van der Waals surface area contributed by atoms with Gasteiger partial charge in [0.05, 0.1) is 12.2 Å². The van der Waals surface area contributed by atoms with E-state index in [0.717, 1.165) is 5.56 Å². The van der Waals surface area contributed by atoms with Gasteiger partial charge >= 0.3 is 0 Å². The number of benzene rings is 1. The molecule has 116 valence electrons. The summed E-state index contributed by atoms with van der Waals surface area (Å²) >= 11 is 6.04. The van der Waals surface area contributed by atoms with E-state index in [1.807, 2.05) is 18.2 Å². The van der Waals surface area contributed by atoms with E-state index in [0.29, 0.717) is 36.2 Å². The predicted octanol–water partition coefficient (Wildman–Crippen LogP) is 2.12. The van der Waals surface area contributed by atoms with E-state index in [1.54, 1.807) is 13.2 Å². The molecule has 0 spiro atoms. The number of halogens is 1. The van der Waals surface area contributed by atoms with Crippen LogP contribution in [0.25, 0.3) is 0 Å². The van der Waals surface area contributed by atoms with Crippen LogP contribution in [-0.2, 0) is 11.3 Å². The van der Waals surface area contributed by atoms with Crippen molar-refractivity contribution < 1.29 is 9.53 Å². The zero-order valence-corrected chi connectivity index (χ0v) is 12.9. The largest absolute Gasteiger partial charge is 0.383 e. The fourth-order valence-corrected chi connectivity index (χ4v) is 1.92. The third-order valence-electron chi connectivity index (χ3n) is 2.90. The standard InChI is InChI=1S/C15H17ClN4O2/c1-22-7-6-17-15-19-9-12(10-20-15)14(21)18-8-11-4-2-3-5-13(11)16/h2-5,9-10H,6-8H2,1H3,(H,18,21)(H,17,19,20). The zero-order chi connectivity index (χ0) is 15.8. The Morgan fingerprint density at radius 1 is 1.27 bits per heavy atom. The number of carbonyl (C=O) groups is 1. The Balaban J connectivity index is 1.88. The van der Waals surface area contributed by atoms with Gasteiger partial charge in [0.1, 0.15) is 0 Å². The summed E-state index contributed by atoms with van der Waals surface area (Å²) in [5, 5.41) is 6.39. The number of carbonyl (C=O) groups excluding carboxylic acids is 1. The highest BCUT2D eigenvalue weighted by Crippen LogP contribution is 2.14. The number of amides is 1. The lowest BCUT2D eigenvalue weighted by atomic mass is 10.2. The van der Waals surface area contributed by atoms with Crippen molar-refractivity contribution >= 4 is 23.5 Å². The van der Waals surface area contributed by atoms with Gasteiger partial charge in [-0.2, -0.15) is 0 Å². The molecule has 1 heterocycles. The van der Waals surface area contributed by atoms with Crippen molar-refractivity contribution in [1.82, 2.24) is 15.3 Å². The fraction of sp³-hybridized carbons (Fsp3) is 0.267. The Morgan fingerprint density at radius 3 is 2.68 bits per heavy atom. The minimum Gasteiger partial charge on any atom is -0.383 e. The van der Waals surface area contributed by atoms with Gasteiger partial charge in [-0.15, -0.1) is 0 Å². The van der Waals surface area contributed by atoms with Crippen molar-refractivity contribution in [2.45, 2.75) is 6.54 Å². The summed E-state index contributed by atoms with van der Waals surface area (Å²) in [6.45, 7) is 1.52. The van der Waals surface area contributed by atoms with Crippen LogP contribution in [-0.4, -0.2) is 36.1 Å². The van der Waals surface area contributed by atoms with Gasteiger partial charge in [0.15, 0.2) is 0 Å². The highest BCUT2D eigenvalue weighted by atomic mass is 35.5. The van der Waals surface area contributed by atoms with E-state index in [-0.39, 0.29) is 5.91 Å². The van der Waals surface area contributed by atoms with Crippen molar-refractivity contribution in [3.63, 3.8) is 0 Å². The van der Waals surface area contributed by atoms with Crippen LogP contribution in [0.15, 0.2) is 36.7 Å². The number of methoxy groups -OCH3 is 1. The molecule has 1 amide bonds. The summed E-state index contributed by atoms with van der Waals surface area (Å²) < 4.78 is 4.92. The van der Waals surface area contributed by atoms with Crippen LogP contribution in [0.2, 0.25) is 5.02 Å². The quantitative estimate of drug-likeness (QED) is 0.764. The molecular formula is C15H17ClN4O2. The summed E-state index contributed by atoms with van der Waals surface area (Å²) in [5.74, 6) is 0.211. The summed E-state index contributed by atoms with van der Waals surface area (Å²) in [5.41, 5.74) is 1.25. The van der Waals surface area contributed by atoms with Crippen LogP contribution in [0.5, 0.6) is 0 Å². The average Bonchev–Trinajstić information content (AvgIpc) is 2.55. The SMILES string of the molecule is COCCNc1ncc(C(=O)NCc2ccccc2Cl)cn1. The normalized spacial score (nSPS) is 10.3. The summed E-state index contributed by atoms with van der Waals surface area (Å²) in [7, 11) is 1.62. The second-order valence-corrected chi connectivity index (χ2v) is 4.90. The van der Waals surface area contributed by atoms with Crippen LogP contribution < -0.4 is 10.6 Å². The molecule has 1 aromatic heterocycles. The predicted molar refractivity (Wildman–Crippen MR) is 85.0 cm³/mol. The lowest BCUT2D eigenvalue weighted by Gasteiger charge is -2.07. The van der Waals surface area contributed by atoms with Crippen molar-refractivity contribution in [2.75, 3.05) is 25.6 Å². The van der Waals surface area contributed by atoms with Gasteiger partial charge in [-0.25, -0.2) is 9.97 Å². The van der Waals surface area contributed by atoms with Gasteiger partial charge in [0, 0.05) is 37.6 Å². The monoisotopic (exact) mass is 320 g/mol. The maximum atomic E-state index is 12.0. The molecule has 0 fully saturated rings. The van der Waals surface area contributed by atoms with Crippen LogP contribution in [0.3, 0.4) is 0 Å². The minimum atomic E-state index is -0.247. The lowest BCUT2D eigenvalue weighted by Crippen LogP contribution is -2.23. The van der Waals surface area contributed by atoms with Gasteiger partial charge < -0.3 is 15.4 Å². The molecule has 0 saturated carbocycles. The van der Waals surface area contributed by atoms with E-state index in [9.17, 15) is 4.79 Å². The molecule has 0 aliphatic rings. The van der Waals surface area contributed by atoms with Gasteiger partial charge in [0.2, 0.25) is 5.95 Å². The maximum Gasteiger partial charge on any atom is 0.254 e. The highest BCUT2D eigenvalue weighted by molar-refractivity contribution is 6.31. The molecule has 0 radical (unpaired) electrons. The van der Waals surface area contributed by atoms with Gasteiger partial charge in [-0.3, -0.25) is 4.79 Å². The van der Waals surface area contributed by atoms with Crippen LogP contribution in [0, 0.1) is 0 Å². The first-order valence-electron chi connectivity index (χ1n) is 6.77. The van der Waals surface area contributed by atoms with Crippen LogP contribution in [0.4, 0.5) is 5.95 Å². The van der Waals surface area contributed by atoms with Crippen molar-refractivity contribution in [1.29, 1.82) is 0 Å². The topological polar surface area (TPSA) is 76.1 Å². The number of nitrogens with one attached hydrogen (secondary N) is 2. The minimum absolute atomic E-state index is 0.247. The van der Waals surface area contributed by atoms with E-state index in [1.165, 1.54) is 12.4 Å².